The van der Waals surface area contributed by atoms with E-state index in [-0.39, 0.29) is 0 Å². The Labute approximate surface area is 131 Å². The van der Waals surface area contributed by atoms with Crippen molar-refractivity contribution < 1.29 is 8.42 Å². The number of nitrogens with one attached hydrogen (secondary N) is 2. The Kier molecular flexibility index (Phi) is 6.19. The van der Waals surface area contributed by atoms with Crippen molar-refractivity contribution in [1.82, 2.24) is 14.9 Å². The van der Waals surface area contributed by atoms with Gasteiger partial charge in [0.15, 0.2) is 0 Å². The fourth-order valence-corrected chi connectivity index (χ4v) is 4.93. The molecule has 0 radical (unpaired) electrons. The average Bonchev–Trinajstić information content (AvgIpc) is 2.91. The predicted octanol–water partition coefficient (Wildman–Crippen LogP) is 1.48. The summed E-state index contributed by atoms with van der Waals surface area (Å²) in [5, 5.41) is 4.74. The van der Waals surface area contributed by atoms with Gasteiger partial charge in [0.25, 0.3) is 0 Å². The maximum absolute atomic E-state index is 12.2. The lowest BCUT2D eigenvalue weighted by Crippen LogP contribution is -2.32. The van der Waals surface area contributed by atoms with Gasteiger partial charge in [-0.1, -0.05) is 0 Å². The Bertz CT molecular complexity index is 534. The highest BCUT2D eigenvalue weighted by molar-refractivity contribution is 7.89. The molecule has 0 bridgehead atoms. The van der Waals surface area contributed by atoms with Gasteiger partial charge in [-0.3, -0.25) is 0 Å². The van der Waals surface area contributed by atoms with Crippen LogP contribution in [-0.4, -0.2) is 47.0 Å². The van der Waals surface area contributed by atoms with Gasteiger partial charge >= 0.3 is 0 Å². The molecule has 7 heteroatoms. The van der Waals surface area contributed by atoms with Crippen LogP contribution in [0.5, 0.6) is 0 Å². The average molecular weight is 332 g/mol. The summed E-state index contributed by atoms with van der Waals surface area (Å²) in [7, 11) is 0.645. The van der Waals surface area contributed by atoms with Gasteiger partial charge in [0.05, 0.1) is 4.90 Å². The zero-order valence-corrected chi connectivity index (χ0v) is 14.4. The zero-order valence-electron chi connectivity index (χ0n) is 12.8. The molecule has 21 heavy (non-hydrogen) atoms. The van der Waals surface area contributed by atoms with Crippen LogP contribution in [0.1, 0.15) is 24.1 Å². The van der Waals surface area contributed by atoms with Crippen LogP contribution < -0.4 is 10.0 Å². The highest BCUT2D eigenvalue weighted by Crippen LogP contribution is 2.21. The fraction of sp³-hybridized carbons (Fsp3) is 0.714. The molecule has 1 aromatic heterocycles. The van der Waals surface area contributed by atoms with Crippen LogP contribution in [-0.2, 0) is 16.6 Å². The van der Waals surface area contributed by atoms with Crippen LogP contribution in [0.15, 0.2) is 16.3 Å². The molecule has 0 atom stereocenters. The Morgan fingerprint density at radius 3 is 2.76 bits per heavy atom. The summed E-state index contributed by atoms with van der Waals surface area (Å²) in [5.74, 6) is 0.645. The van der Waals surface area contributed by atoms with Crippen LogP contribution in [0.2, 0.25) is 0 Å². The molecule has 2 N–H and O–H groups in total. The van der Waals surface area contributed by atoms with Crippen LogP contribution in [0.3, 0.4) is 0 Å². The summed E-state index contributed by atoms with van der Waals surface area (Å²) >= 11 is 1.48. The third-order valence-corrected chi connectivity index (χ3v) is 6.50. The lowest BCUT2D eigenvalue weighted by Gasteiger charge is -2.28. The Morgan fingerprint density at radius 1 is 1.38 bits per heavy atom. The highest BCUT2D eigenvalue weighted by atomic mass is 32.2. The van der Waals surface area contributed by atoms with Crippen molar-refractivity contribution in [3.63, 3.8) is 0 Å². The minimum Gasteiger partial charge on any atom is -0.315 e. The zero-order chi connectivity index (χ0) is 15.3. The van der Waals surface area contributed by atoms with Crippen molar-refractivity contribution in [3.05, 3.63) is 16.3 Å². The highest BCUT2D eigenvalue weighted by Gasteiger charge is 2.19. The summed E-state index contributed by atoms with van der Waals surface area (Å²) in [5.41, 5.74) is 0. The number of sulfonamides is 1. The Morgan fingerprint density at radius 2 is 2.10 bits per heavy atom. The van der Waals surface area contributed by atoms with Gasteiger partial charge in [0.2, 0.25) is 10.0 Å². The number of rotatable bonds is 7. The fourth-order valence-electron chi connectivity index (χ4n) is 2.60. The standard InChI is InChI=1S/C14H25N3O2S2/c1-15-10-13-9-14(11-20-13)21(18,19)16-6-3-12-4-7-17(2)8-5-12/h9,11-12,15-16H,3-8,10H2,1-2H3. The van der Waals surface area contributed by atoms with Gasteiger partial charge in [-0.15, -0.1) is 11.3 Å². The Hall–Kier alpha value is -0.470. The van der Waals surface area contributed by atoms with Crippen molar-refractivity contribution in [2.24, 2.45) is 5.92 Å². The number of nitrogens with zero attached hydrogens (tertiary/aromatic N) is 1. The van der Waals surface area contributed by atoms with Gasteiger partial charge in [0, 0.05) is 23.3 Å². The first-order valence-corrected chi connectivity index (χ1v) is 9.78. The van der Waals surface area contributed by atoms with Crippen LogP contribution in [0.4, 0.5) is 0 Å². The van der Waals surface area contributed by atoms with Crippen molar-refractivity contribution >= 4 is 21.4 Å². The van der Waals surface area contributed by atoms with Gasteiger partial charge < -0.3 is 10.2 Å². The summed E-state index contributed by atoms with van der Waals surface area (Å²) in [6, 6.07) is 1.75. The molecule has 1 aromatic rings. The second kappa shape index (κ2) is 7.69. The predicted molar refractivity (Wildman–Crippen MR) is 87.1 cm³/mol. The molecule has 1 aliphatic rings. The molecule has 0 unspecified atom stereocenters. The first kappa shape index (κ1) is 16.9. The van der Waals surface area contributed by atoms with E-state index in [9.17, 15) is 8.42 Å². The smallest absolute Gasteiger partial charge is 0.241 e. The molecular formula is C14H25N3O2S2. The van der Waals surface area contributed by atoms with Gasteiger partial charge in [-0.25, -0.2) is 13.1 Å². The molecule has 1 saturated heterocycles. The summed E-state index contributed by atoms with van der Waals surface area (Å²) in [6.07, 6.45) is 3.27. The van der Waals surface area contributed by atoms with E-state index in [1.807, 2.05) is 7.05 Å². The minimum absolute atomic E-state index is 0.390. The van der Waals surface area contributed by atoms with Crippen molar-refractivity contribution in [3.8, 4) is 0 Å². The number of piperidine rings is 1. The van der Waals surface area contributed by atoms with E-state index >= 15 is 0 Å². The molecule has 1 fully saturated rings. The topological polar surface area (TPSA) is 61.4 Å². The van der Waals surface area contributed by atoms with Crippen molar-refractivity contribution in [1.29, 1.82) is 0 Å². The van der Waals surface area contributed by atoms with E-state index in [0.717, 1.165) is 24.4 Å². The molecule has 0 spiro atoms. The number of likely N-dealkylation sites (tertiary alicyclic amines) is 1. The molecule has 0 aromatic carbocycles. The van der Waals surface area contributed by atoms with Crippen molar-refractivity contribution in [2.45, 2.75) is 30.7 Å². The Balaban J connectivity index is 1.80. The van der Waals surface area contributed by atoms with Gasteiger partial charge in [0.1, 0.15) is 0 Å². The number of hydrogen-bond donors (Lipinski definition) is 2. The molecule has 2 rings (SSSR count). The van der Waals surface area contributed by atoms with E-state index < -0.39 is 10.0 Å². The van der Waals surface area contributed by atoms with E-state index in [2.05, 4.69) is 22.0 Å². The van der Waals surface area contributed by atoms with Crippen LogP contribution in [0, 0.1) is 5.92 Å². The van der Waals surface area contributed by atoms with Crippen molar-refractivity contribution in [2.75, 3.05) is 33.7 Å². The van der Waals surface area contributed by atoms with Crippen LogP contribution in [0.25, 0.3) is 0 Å². The molecule has 0 amide bonds. The van der Waals surface area contributed by atoms with E-state index in [0.29, 0.717) is 23.9 Å². The van der Waals surface area contributed by atoms with E-state index in [1.165, 1.54) is 24.2 Å². The second-order valence-corrected chi connectivity index (χ2v) is 8.47. The minimum atomic E-state index is -3.35. The molecule has 0 aliphatic carbocycles. The normalized spacial score (nSPS) is 18.2. The summed E-state index contributed by atoms with van der Waals surface area (Å²) in [4.78, 5) is 3.75. The molecule has 5 nitrogen and oxygen atoms in total. The molecule has 2 heterocycles. The lowest BCUT2D eigenvalue weighted by molar-refractivity contribution is 0.213. The third-order valence-electron chi connectivity index (χ3n) is 3.97. The largest absolute Gasteiger partial charge is 0.315 e. The summed E-state index contributed by atoms with van der Waals surface area (Å²) in [6.45, 7) is 3.48. The SMILES string of the molecule is CNCc1cc(S(=O)(=O)NCCC2CCN(C)CC2)cs1. The molecule has 0 saturated carbocycles. The molecule has 120 valence electrons. The third kappa shape index (κ3) is 5.03. The number of thiophene rings is 1. The lowest BCUT2D eigenvalue weighted by atomic mass is 9.94. The first-order valence-electron chi connectivity index (χ1n) is 7.41. The van der Waals surface area contributed by atoms with E-state index in [1.54, 1.807) is 11.4 Å². The molecule has 1 aliphatic heterocycles. The van der Waals surface area contributed by atoms with E-state index in [4.69, 9.17) is 0 Å². The second-order valence-electron chi connectivity index (χ2n) is 5.71. The van der Waals surface area contributed by atoms with Gasteiger partial charge in [-0.05, 0) is 58.4 Å². The summed E-state index contributed by atoms with van der Waals surface area (Å²) < 4.78 is 27.2. The monoisotopic (exact) mass is 331 g/mol. The first-order chi connectivity index (χ1) is 10.0. The molecular weight excluding hydrogens is 306 g/mol. The maximum Gasteiger partial charge on any atom is 0.241 e. The quantitative estimate of drug-likeness (QED) is 0.794. The maximum atomic E-state index is 12.2. The van der Waals surface area contributed by atoms with Crippen LogP contribution >= 0.6 is 11.3 Å². The number of hydrogen-bond acceptors (Lipinski definition) is 5. The van der Waals surface area contributed by atoms with Gasteiger partial charge in [-0.2, -0.15) is 0 Å².